The molecule has 0 aliphatic carbocycles. The molecule has 0 unspecified atom stereocenters. The minimum atomic E-state index is 0.744. The Balaban J connectivity index is 2.15. The number of aromatic nitrogens is 3. The van der Waals surface area contributed by atoms with Crippen LogP contribution in [-0.4, -0.2) is 15.0 Å². The topological polar surface area (TPSA) is 67.6 Å². The van der Waals surface area contributed by atoms with Crippen LogP contribution in [0.5, 0.6) is 0 Å². The predicted octanol–water partition coefficient (Wildman–Crippen LogP) is 3.14. The SMILES string of the molecule is CCc1cc(-c2nc3nc(C)ccc3[nH]2)c(N)s1. The molecular formula is C13H14N4S. The molecule has 0 aromatic carbocycles. The summed E-state index contributed by atoms with van der Waals surface area (Å²) in [5.74, 6) is 0.802. The fraction of sp³-hybridized carbons (Fsp3) is 0.231. The van der Waals surface area contributed by atoms with E-state index in [1.54, 1.807) is 11.3 Å². The van der Waals surface area contributed by atoms with Gasteiger partial charge in [-0.05, 0) is 31.5 Å². The number of nitrogens with two attached hydrogens (primary N) is 1. The molecule has 3 aromatic rings. The van der Waals surface area contributed by atoms with Gasteiger partial charge in [0.1, 0.15) is 5.82 Å². The Morgan fingerprint density at radius 2 is 2.17 bits per heavy atom. The highest BCUT2D eigenvalue weighted by atomic mass is 32.1. The number of nitrogen functional groups attached to an aromatic ring is 1. The van der Waals surface area contributed by atoms with Crippen molar-refractivity contribution in [1.82, 2.24) is 15.0 Å². The first-order valence-electron chi connectivity index (χ1n) is 5.89. The van der Waals surface area contributed by atoms with Gasteiger partial charge in [0.05, 0.1) is 16.1 Å². The van der Waals surface area contributed by atoms with Gasteiger partial charge in [-0.2, -0.15) is 0 Å². The van der Waals surface area contributed by atoms with E-state index in [9.17, 15) is 0 Å². The third-order valence-electron chi connectivity index (χ3n) is 2.90. The maximum absolute atomic E-state index is 6.04. The van der Waals surface area contributed by atoms with Gasteiger partial charge >= 0.3 is 0 Å². The number of hydrogen-bond acceptors (Lipinski definition) is 4. The van der Waals surface area contributed by atoms with E-state index in [0.717, 1.165) is 39.7 Å². The van der Waals surface area contributed by atoms with Crippen LogP contribution in [0.25, 0.3) is 22.6 Å². The number of H-pyrrole nitrogens is 1. The quantitative estimate of drug-likeness (QED) is 0.742. The Bertz CT molecular complexity index is 711. The maximum atomic E-state index is 6.04. The Morgan fingerprint density at radius 3 is 2.89 bits per heavy atom. The van der Waals surface area contributed by atoms with Gasteiger partial charge < -0.3 is 10.7 Å². The molecular weight excluding hydrogens is 244 g/mol. The summed E-state index contributed by atoms with van der Waals surface area (Å²) in [5, 5.41) is 0.808. The second-order valence-corrected chi connectivity index (χ2v) is 5.42. The van der Waals surface area contributed by atoms with Crippen molar-refractivity contribution in [3.63, 3.8) is 0 Å². The van der Waals surface area contributed by atoms with E-state index in [4.69, 9.17) is 5.73 Å². The van der Waals surface area contributed by atoms with E-state index in [0.29, 0.717) is 0 Å². The van der Waals surface area contributed by atoms with E-state index in [2.05, 4.69) is 27.9 Å². The number of nitrogens with one attached hydrogen (secondary N) is 1. The molecule has 0 amide bonds. The normalized spacial score (nSPS) is 11.2. The van der Waals surface area contributed by atoms with E-state index in [1.165, 1.54) is 4.88 Å². The van der Waals surface area contributed by atoms with Crippen molar-refractivity contribution in [2.24, 2.45) is 0 Å². The summed E-state index contributed by atoms with van der Waals surface area (Å²) in [6.07, 6.45) is 0.993. The first kappa shape index (κ1) is 11.2. The zero-order valence-electron chi connectivity index (χ0n) is 10.3. The van der Waals surface area contributed by atoms with Gasteiger partial charge in [-0.3, -0.25) is 0 Å². The van der Waals surface area contributed by atoms with Gasteiger partial charge in [0.25, 0.3) is 0 Å². The molecule has 0 fully saturated rings. The lowest BCUT2D eigenvalue weighted by atomic mass is 10.2. The van der Waals surface area contributed by atoms with Crippen LogP contribution in [0.3, 0.4) is 0 Å². The first-order chi connectivity index (χ1) is 8.67. The van der Waals surface area contributed by atoms with E-state index >= 15 is 0 Å². The third-order valence-corrected chi connectivity index (χ3v) is 4.01. The van der Waals surface area contributed by atoms with Crippen molar-refractivity contribution < 1.29 is 0 Å². The summed E-state index contributed by atoms with van der Waals surface area (Å²) in [6, 6.07) is 6.07. The van der Waals surface area contributed by atoms with Crippen LogP contribution in [0.2, 0.25) is 0 Å². The van der Waals surface area contributed by atoms with Crippen molar-refractivity contribution in [3.8, 4) is 11.4 Å². The molecule has 5 heteroatoms. The molecule has 0 radical (unpaired) electrons. The number of aryl methyl sites for hydroxylation is 2. The molecule has 0 atom stereocenters. The molecule has 0 saturated carbocycles. The Kier molecular flexibility index (Phi) is 2.56. The molecule has 3 N–H and O–H groups in total. The van der Waals surface area contributed by atoms with Crippen LogP contribution in [0, 0.1) is 6.92 Å². The third kappa shape index (κ3) is 1.76. The predicted molar refractivity (Wildman–Crippen MR) is 75.7 cm³/mol. The lowest BCUT2D eigenvalue weighted by Crippen LogP contribution is -1.84. The highest BCUT2D eigenvalue weighted by molar-refractivity contribution is 7.16. The summed E-state index contributed by atoms with van der Waals surface area (Å²) in [4.78, 5) is 13.5. The fourth-order valence-electron chi connectivity index (χ4n) is 1.93. The summed E-state index contributed by atoms with van der Waals surface area (Å²) < 4.78 is 0. The molecule has 0 aliphatic heterocycles. The number of fused-ring (bicyclic) bond motifs is 1. The van der Waals surface area contributed by atoms with Crippen molar-refractivity contribution >= 4 is 27.5 Å². The summed E-state index contributed by atoms with van der Waals surface area (Å²) in [7, 11) is 0. The van der Waals surface area contributed by atoms with E-state index in [1.807, 2.05) is 19.1 Å². The average Bonchev–Trinajstić information content (AvgIpc) is 2.91. The van der Waals surface area contributed by atoms with Crippen LogP contribution < -0.4 is 5.73 Å². The van der Waals surface area contributed by atoms with Gasteiger partial charge in [-0.25, -0.2) is 9.97 Å². The van der Waals surface area contributed by atoms with Crippen LogP contribution in [0.4, 0.5) is 5.00 Å². The Labute approximate surface area is 109 Å². The van der Waals surface area contributed by atoms with E-state index < -0.39 is 0 Å². The zero-order chi connectivity index (χ0) is 12.7. The second-order valence-electron chi connectivity index (χ2n) is 4.25. The highest BCUT2D eigenvalue weighted by Crippen LogP contribution is 2.33. The van der Waals surface area contributed by atoms with Crippen molar-refractivity contribution in [3.05, 3.63) is 28.8 Å². The van der Waals surface area contributed by atoms with Crippen molar-refractivity contribution in [1.29, 1.82) is 0 Å². The molecule has 18 heavy (non-hydrogen) atoms. The number of thiophene rings is 1. The van der Waals surface area contributed by atoms with Crippen LogP contribution >= 0.6 is 11.3 Å². The van der Waals surface area contributed by atoms with Gasteiger partial charge in [-0.1, -0.05) is 6.92 Å². The second kappa shape index (κ2) is 4.10. The van der Waals surface area contributed by atoms with Gasteiger partial charge in [0.2, 0.25) is 0 Å². The van der Waals surface area contributed by atoms with Gasteiger partial charge in [0, 0.05) is 10.6 Å². The molecule has 4 nitrogen and oxygen atoms in total. The van der Waals surface area contributed by atoms with E-state index in [-0.39, 0.29) is 0 Å². The lowest BCUT2D eigenvalue weighted by Gasteiger charge is -1.91. The molecule has 0 bridgehead atoms. The number of aromatic amines is 1. The monoisotopic (exact) mass is 258 g/mol. The molecule has 3 aromatic heterocycles. The van der Waals surface area contributed by atoms with Crippen LogP contribution in [-0.2, 0) is 6.42 Å². The summed E-state index contributed by atoms with van der Waals surface area (Å²) in [5.41, 5.74) is 9.67. The fourth-order valence-corrected chi connectivity index (χ4v) is 2.80. The minimum absolute atomic E-state index is 0.744. The number of nitrogens with zero attached hydrogens (tertiary/aromatic N) is 2. The lowest BCUT2D eigenvalue weighted by molar-refractivity contribution is 1.18. The molecule has 3 heterocycles. The number of pyridine rings is 1. The molecule has 0 saturated heterocycles. The van der Waals surface area contributed by atoms with Gasteiger partial charge in [-0.15, -0.1) is 11.3 Å². The zero-order valence-corrected chi connectivity index (χ0v) is 11.1. The van der Waals surface area contributed by atoms with Crippen molar-refractivity contribution in [2.45, 2.75) is 20.3 Å². The van der Waals surface area contributed by atoms with Crippen molar-refractivity contribution in [2.75, 3.05) is 5.73 Å². The average molecular weight is 258 g/mol. The molecule has 3 rings (SSSR count). The molecule has 0 spiro atoms. The minimum Gasteiger partial charge on any atom is -0.390 e. The van der Waals surface area contributed by atoms with Gasteiger partial charge in [0.15, 0.2) is 5.65 Å². The largest absolute Gasteiger partial charge is 0.390 e. The first-order valence-corrected chi connectivity index (χ1v) is 6.71. The maximum Gasteiger partial charge on any atom is 0.178 e. The standard InChI is InChI=1S/C13H14N4S/c1-3-8-6-9(11(14)18-8)12-16-10-5-4-7(2)15-13(10)17-12/h4-6H,3,14H2,1-2H3,(H,15,16,17). The Hall–Kier alpha value is -1.88. The summed E-state index contributed by atoms with van der Waals surface area (Å²) >= 11 is 1.62. The highest BCUT2D eigenvalue weighted by Gasteiger charge is 2.12. The summed E-state index contributed by atoms with van der Waals surface area (Å²) in [6.45, 7) is 4.08. The molecule has 92 valence electrons. The number of imidazole rings is 1. The van der Waals surface area contributed by atoms with Crippen LogP contribution in [0.1, 0.15) is 17.5 Å². The number of rotatable bonds is 2. The number of anilines is 1. The van der Waals surface area contributed by atoms with Crippen LogP contribution in [0.15, 0.2) is 18.2 Å². The molecule has 0 aliphatic rings. The smallest absolute Gasteiger partial charge is 0.178 e. The Morgan fingerprint density at radius 1 is 1.33 bits per heavy atom. The number of hydrogen-bond donors (Lipinski definition) is 2.